The molecule has 0 spiro atoms. The summed E-state index contributed by atoms with van der Waals surface area (Å²) < 4.78 is 5.76. The Labute approximate surface area is 128 Å². The third-order valence-electron chi connectivity index (χ3n) is 3.75. The largest absolute Gasteiger partial charge is 0.494 e. The first-order valence-electron chi connectivity index (χ1n) is 7.77. The van der Waals surface area contributed by atoms with Crippen molar-refractivity contribution in [3.63, 3.8) is 0 Å². The fourth-order valence-corrected chi connectivity index (χ4v) is 2.47. The van der Waals surface area contributed by atoms with Crippen LogP contribution in [0.1, 0.15) is 24.8 Å². The SMILES string of the molecule is CNC(CCCc1ccccc1)CCOc1ccccc1. The summed E-state index contributed by atoms with van der Waals surface area (Å²) in [5.41, 5.74) is 1.42. The van der Waals surface area contributed by atoms with E-state index in [2.05, 4.69) is 35.6 Å². The zero-order chi connectivity index (χ0) is 14.8. The van der Waals surface area contributed by atoms with Crippen molar-refractivity contribution in [2.75, 3.05) is 13.7 Å². The first kappa shape index (κ1) is 15.6. The van der Waals surface area contributed by atoms with Crippen molar-refractivity contribution in [2.45, 2.75) is 31.7 Å². The second-order valence-corrected chi connectivity index (χ2v) is 5.31. The van der Waals surface area contributed by atoms with E-state index in [1.165, 1.54) is 18.4 Å². The van der Waals surface area contributed by atoms with Crippen molar-refractivity contribution in [1.82, 2.24) is 5.32 Å². The van der Waals surface area contributed by atoms with Crippen molar-refractivity contribution >= 4 is 0 Å². The Kier molecular flexibility index (Phi) is 6.82. The molecule has 0 bridgehead atoms. The highest BCUT2D eigenvalue weighted by Gasteiger charge is 2.06. The number of nitrogens with one attached hydrogen (secondary N) is 1. The van der Waals surface area contributed by atoms with Crippen LogP contribution in [0.15, 0.2) is 60.7 Å². The lowest BCUT2D eigenvalue weighted by Gasteiger charge is -2.16. The van der Waals surface area contributed by atoms with Gasteiger partial charge in [-0.05, 0) is 50.4 Å². The molecule has 2 aromatic rings. The summed E-state index contributed by atoms with van der Waals surface area (Å²) >= 11 is 0. The monoisotopic (exact) mass is 283 g/mol. The van der Waals surface area contributed by atoms with Gasteiger partial charge in [-0.25, -0.2) is 0 Å². The lowest BCUT2D eigenvalue weighted by Crippen LogP contribution is -2.27. The minimum absolute atomic E-state index is 0.525. The van der Waals surface area contributed by atoms with Gasteiger partial charge < -0.3 is 10.1 Å². The fraction of sp³-hybridized carbons (Fsp3) is 0.368. The first-order valence-corrected chi connectivity index (χ1v) is 7.77. The molecule has 0 radical (unpaired) electrons. The van der Waals surface area contributed by atoms with Gasteiger partial charge in [0.1, 0.15) is 5.75 Å². The van der Waals surface area contributed by atoms with Crippen LogP contribution in [-0.2, 0) is 6.42 Å². The van der Waals surface area contributed by atoms with Crippen LogP contribution in [0.25, 0.3) is 0 Å². The molecule has 21 heavy (non-hydrogen) atoms. The van der Waals surface area contributed by atoms with Crippen LogP contribution in [0.3, 0.4) is 0 Å². The third kappa shape index (κ3) is 6.01. The molecule has 0 saturated carbocycles. The van der Waals surface area contributed by atoms with Crippen LogP contribution in [-0.4, -0.2) is 19.7 Å². The summed E-state index contributed by atoms with van der Waals surface area (Å²) in [4.78, 5) is 0. The fourth-order valence-electron chi connectivity index (χ4n) is 2.47. The predicted molar refractivity (Wildman–Crippen MR) is 88.8 cm³/mol. The van der Waals surface area contributed by atoms with Gasteiger partial charge in [0.05, 0.1) is 6.61 Å². The van der Waals surface area contributed by atoms with Gasteiger partial charge in [-0.3, -0.25) is 0 Å². The first-order chi connectivity index (χ1) is 10.4. The molecule has 0 fully saturated rings. The molecule has 0 amide bonds. The van der Waals surface area contributed by atoms with Crippen molar-refractivity contribution in [2.24, 2.45) is 0 Å². The van der Waals surface area contributed by atoms with Crippen LogP contribution in [0.5, 0.6) is 5.75 Å². The molecule has 0 aromatic heterocycles. The second kappa shape index (κ2) is 9.19. The van der Waals surface area contributed by atoms with Crippen molar-refractivity contribution in [3.05, 3.63) is 66.2 Å². The van der Waals surface area contributed by atoms with Crippen LogP contribution in [0.4, 0.5) is 0 Å². The zero-order valence-corrected chi connectivity index (χ0v) is 12.8. The van der Waals surface area contributed by atoms with E-state index < -0.39 is 0 Å². The molecule has 0 aliphatic heterocycles. The molecule has 2 heteroatoms. The van der Waals surface area contributed by atoms with E-state index in [4.69, 9.17) is 4.74 Å². The molecule has 0 saturated heterocycles. The van der Waals surface area contributed by atoms with E-state index in [-0.39, 0.29) is 0 Å². The molecule has 2 nitrogen and oxygen atoms in total. The molecular weight excluding hydrogens is 258 g/mol. The van der Waals surface area contributed by atoms with Crippen LogP contribution < -0.4 is 10.1 Å². The molecule has 1 unspecified atom stereocenters. The van der Waals surface area contributed by atoms with Crippen LogP contribution in [0.2, 0.25) is 0 Å². The molecule has 2 aromatic carbocycles. The van der Waals surface area contributed by atoms with Gasteiger partial charge in [0.25, 0.3) is 0 Å². The lowest BCUT2D eigenvalue weighted by atomic mass is 10.0. The Balaban J connectivity index is 1.64. The van der Waals surface area contributed by atoms with Crippen molar-refractivity contribution in [3.8, 4) is 5.75 Å². The molecule has 1 atom stereocenters. The lowest BCUT2D eigenvalue weighted by molar-refractivity contribution is 0.283. The van der Waals surface area contributed by atoms with Gasteiger partial charge in [0.15, 0.2) is 0 Å². The maximum atomic E-state index is 5.76. The van der Waals surface area contributed by atoms with Gasteiger partial charge in [0.2, 0.25) is 0 Å². The highest BCUT2D eigenvalue weighted by molar-refractivity contribution is 5.20. The summed E-state index contributed by atoms with van der Waals surface area (Å²) in [6.45, 7) is 0.765. The van der Waals surface area contributed by atoms with Gasteiger partial charge in [-0.15, -0.1) is 0 Å². The Bertz CT molecular complexity index is 438. The molecule has 0 aliphatic rings. The number of aryl methyl sites for hydroxylation is 1. The summed E-state index contributed by atoms with van der Waals surface area (Å²) in [5, 5.41) is 3.39. The average molecular weight is 283 g/mol. The zero-order valence-electron chi connectivity index (χ0n) is 12.8. The number of para-hydroxylation sites is 1. The molecule has 0 aliphatic carbocycles. The summed E-state index contributed by atoms with van der Waals surface area (Å²) in [5.74, 6) is 0.955. The smallest absolute Gasteiger partial charge is 0.119 e. The summed E-state index contributed by atoms with van der Waals surface area (Å²) in [6, 6.07) is 21.2. The minimum Gasteiger partial charge on any atom is -0.494 e. The molecular formula is C19H25NO. The van der Waals surface area contributed by atoms with E-state index in [1.54, 1.807) is 0 Å². The van der Waals surface area contributed by atoms with Crippen LogP contribution in [0, 0.1) is 0 Å². The standard InChI is InChI=1S/C19H25NO/c1-20-18(12-8-11-17-9-4-2-5-10-17)15-16-21-19-13-6-3-7-14-19/h2-7,9-10,13-14,18,20H,8,11-12,15-16H2,1H3. The molecule has 1 N–H and O–H groups in total. The van der Waals surface area contributed by atoms with Crippen molar-refractivity contribution < 1.29 is 4.74 Å². The highest BCUT2D eigenvalue weighted by Crippen LogP contribution is 2.11. The second-order valence-electron chi connectivity index (χ2n) is 5.31. The Morgan fingerprint density at radius 1 is 0.905 bits per heavy atom. The summed E-state index contributed by atoms with van der Waals surface area (Å²) in [6.07, 6.45) is 4.59. The maximum absolute atomic E-state index is 5.76. The maximum Gasteiger partial charge on any atom is 0.119 e. The topological polar surface area (TPSA) is 21.3 Å². The average Bonchev–Trinajstić information content (AvgIpc) is 2.55. The van der Waals surface area contributed by atoms with Gasteiger partial charge in [-0.1, -0.05) is 48.5 Å². The molecule has 2 rings (SSSR count). The minimum atomic E-state index is 0.525. The van der Waals surface area contributed by atoms with E-state index in [1.807, 2.05) is 37.4 Å². The van der Waals surface area contributed by atoms with Crippen LogP contribution >= 0.6 is 0 Å². The van der Waals surface area contributed by atoms with Gasteiger partial charge in [-0.2, -0.15) is 0 Å². The Hall–Kier alpha value is -1.80. The molecule has 112 valence electrons. The number of hydrogen-bond acceptors (Lipinski definition) is 2. The number of rotatable bonds is 9. The molecule has 0 heterocycles. The quantitative estimate of drug-likeness (QED) is 0.749. The number of benzene rings is 2. The normalized spacial score (nSPS) is 12.0. The van der Waals surface area contributed by atoms with Crippen molar-refractivity contribution in [1.29, 1.82) is 0 Å². The van der Waals surface area contributed by atoms with Gasteiger partial charge >= 0.3 is 0 Å². The van der Waals surface area contributed by atoms with E-state index >= 15 is 0 Å². The third-order valence-corrected chi connectivity index (χ3v) is 3.75. The predicted octanol–water partition coefficient (Wildman–Crippen LogP) is 4.07. The Morgan fingerprint density at radius 3 is 2.24 bits per heavy atom. The summed E-state index contributed by atoms with van der Waals surface area (Å²) in [7, 11) is 2.04. The van der Waals surface area contributed by atoms with E-state index in [9.17, 15) is 0 Å². The van der Waals surface area contributed by atoms with E-state index in [0.717, 1.165) is 25.2 Å². The number of hydrogen-bond donors (Lipinski definition) is 1. The Morgan fingerprint density at radius 2 is 1.57 bits per heavy atom. The van der Waals surface area contributed by atoms with Gasteiger partial charge in [0, 0.05) is 6.04 Å². The highest BCUT2D eigenvalue weighted by atomic mass is 16.5. The van der Waals surface area contributed by atoms with E-state index in [0.29, 0.717) is 6.04 Å². The number of ether oxygens (including phenoxy) is 1.